The number of hydrogen-bond donors (Lipinski definition) is 4. The number of hydrogen-bond acceptors (Lipinski definition) is 4. The maximum atomic E-state index is 13.8. The Balaban J connectivity index is 1.44. The zero-order valence-electron chi connectivity index (χ0n) is 20.5. The van der Waals surface area contributed by atoms with Crippen LogP contribution < -0.4 is 5.48 Å². The van der Waals surface area contributed by atoms with Gasteiger partial charge in [-0.3, -0.25) is 19.6 Å². The highest BCUT2D eigenvalue weighted by molar-refractivity contribution is 5.99. The summed E-state index contributed by atoms with van der Waals surface area (Å²) in [5.41, 5.74) is 7.71. The van der Waals surface area contributed by atoms with Crippen LogP contribution in [-0.2, 0) is 17.6 Å². The number of ketones is 1. The first-order valence-electron chi connectivity index (χ1n) is 12.2. The molecule has 8 heteroatoms. The molecule has 37 heavy (non-hydrogen) atoms. The van der Waals surface area contributed by atoms with Crippen molar-refractivity contribution in [2.75, 3.05) is 6.54 Å². The number of aromatic nitrogens is 2. The number of aryl methyl sites for hydroxylation is 1. The number of nitrogens with one attached hydrogen (secondary N) is 3. The van der Waals surface area contributed by atoms with Crippen LogP contribution in [-0.4, -0.2) is 44.2 Å². The Labute approximate surface area is 214 Å². The third-order valence-corrected chi connectivity index (χ3v) is 7.00. The first-order chi connectivity index (χ1) is 17.9. The number of benzene rings is 2. The van der Waals surface area contributed by atoms with Crippen LogP contribution in [0.1, 0.15) is 62.5 Å². The predicted octanol–water partition coefficient (Wildman–Crippen LogP) is 4.59. The molecule has 0 saturated carbocycles. The number of H-pyrrole nitrogens is 2. The number of Topliss-reactive ketones (excluding diaryl/α,β-unsaturated/α-hetero) is 1. The Kier molecular flexibility index (Phi) is 6.74. The summed E-state index contributed by atoms with van der Waals surface area (Å²) in [6.45, 7) is 1.99. The van der Waals surface area contributed by atoms with Gasteiger partial charge < -0.3 is 14.9 Å². The Morgan fingerprint density at radius 1 is 1.11 bits per heavy atom. The fourth-order valence-electron chi connectivity index (χ4n) is 5.11. The van der Waals surface area contributed by atoms with Crippen LogP contribution in [0.15, 0.2) is 67.0 Å². The van der Waals surface area contributed by atoms with E-state index in [0.717, 1.165) is 46.0 Å². The van der Waals surface area contributed by atoms with Crippen molar-refractivity contribution in [3.05, 3.63) is 101 Å². The zero-order chi connectivity index (χ0) is 25.9. The van der Waals surface area contributed by atoms with Crippen molar-refractivity contribution in [2.45, 2.75) is 32.2 Å². The highest BCUT2D eigenvalue weighted by Gasteiger charge is 2.32. The van der Waals surface area contributed by atoms with E-state index in [2.05, 4.69) is 16.0 Å². The van der Waals surface area contributed by atoms with E-state index in [4.69, 9.17) is 5.21 Å². The average Bonchev–Trinajstić information content (AvgIpc) is 3.66. The molecule has 2 amide bonds. The number of carbonyl (C=O) groups is 3. The van der Waals surface area contributed by atoms with Crippen molar-refractivity contribution in [3.8, 4) is 0 Å². The van der Waals surface area contributed by atoms with Gasteiger partial charge in [0, 0.05) is 41.5 Å². The summed E-state index contributed by atoms with van der Waals surface area (Å²) < 4.78 is 0. The maximum Gasteiger partial charge on any atom is 0.270 e. The summed E-state index contributed by atoms with van der Waals surface area (Å²) in [5, 5.41) is 9.85. The molecule has 1 atom stereocenters. The van der Waals surface area contributed by atoms with Crippen molar-refractivity contribution in [1.29, 1.82) is 0 Å². The molecule has 2 aromatic carbocycles. The number of amides is 2. The summed E-state index contributed by atoms with van der Waals surface area (Å²) in [5.74, 6) is -0.834. The van der Waals surface area contributed by atoms with Crippen LogP contribution in [0.4, 0.5) is 0 Å². The van der Waals surface area contributed by atoms with E-state index in [1.54, 1.807) is 23.8 Å². The van der Waals surface area contributed by atoms with E-state index in [1.165, 1.54) is 13.0 Å². The fourth-order valence-corrected chi connectivity index (χ4v) is 5.11. The standard InChI is InChI=1S/C29H28N4O4/c1-18(34)22-15-26(31-17-22)29(36)33(13-12-21-16-30-25-5-3-2-4-23(21)25)27-10-8-20-14-19(6-9-24(20)27)7-11-28(35)32-37/h2-7,9,11,14-17,27,30-31,37H,8,10,12-13H2,1H3,(H,32,35). The second-order valence-corrected chi connectivity index (χ2v) is 9.29. The van der Waals surface area contributed by atoms with Gasteiger partial charge in [0.25, 0.3) is 11.8 Å². The van der Waals surface area contributed by atoms with E-state index in [0.29, 0.717) is 24.2 Å². The van der Waals surface area contributed by atoms with Gasteiger partial charge in [0.05, 0.1) is 6.04 Å². The van der Waals surface area contributed by atoms with E-state index in [-0.39, 0.29) is 17.7 Å². The average molecular weight is 497 g/mol. The summed E-state index contributed by atoms with van der Waals surface area (Å²) in [4.78, 5) is 45.2. The van der Waals surface area contributed by atoms with E-state index in [1.807, 2.05) is 47.5 Å². The highest BCUT2D eigenvalue weighted by Crippen LogP contribution is 2.37. The number of fused-ring (bicyclic) bond motifs is 2. The van der Waals surface area contributed by atoms with Crippen molar-refractivity contribution < 1.29 is 19.6 Å². The molecule has 4 N–H and O–H groups in total. The summed E-state index contributed by atoms with van der Waals surface area (Å²) in [7, 11) is 0. The fraction of sp³-hybridized carbons (Fsp3) is 0.207. The SMILES string of the molecule is CC(=O)c1c[nH]c(C(=O)N(CCc2c[nH]c3ccccc23)C2CCc3cc(C=CC(=O)NO)ccc32)c1. The maximum absolute atomic E-state index is 13.8. The Morgan fingerprint density at radius 3 is 2.73 bits per heavy atom. The minimum absolute atomic E-state index is 0.0951. The lowest BCUT2D eigenvalue weighted by Gasteiger charge is -2.30. The third-order valence-electron chi connectivity index (χ3n) is 7.00. The Bertz CT molecular complexity index is 1510. The van der Waals surface area contributed by atoms with Gasteiger partial charge in [0.2, 0.25) is 0 Å². The van der Waals surface area contributed by atoms with Gasteiger partial charge in [0.15, 0.2) is 5.78 Å². The number of rotatable bonds is 8. The molecule has 1 aliphatic carbocycles. The van der Waals surface area contributed by atoms with Crippen molar-refractivity contribution in [3.63, 3.8) is 0 Å². The molecule has 5 rings (SSSR count). The lowest BCUT2D eigenvalue weighted by molar-refractivity contribution is -0.124. The smallest absolute Gasteiger partial charge is 0.270 e. The monoisotopic (exact) mass is 496 g/mol. The van der Waals surface area contributed by atoms with Gasteiger partial charge in [-0.2, -0.15) is 0 Å². The van der Waals surface area contributed by atoms with Crippen LogP contribution in [0.5, 0.6) is 0 Å². The molecule has 0 fully saturated rings. The first-order valence-corrected chi connectivity index (χ1v) is 12.2. The molecule has 8 nitrogen and oxygen atoms in total. The molecule has 1 unspecified atom stereocenters. The largest absolute Gasteiger partial charge is 0.361 e. The summed E-state index contributed by atoms with van der Waals surface area (Å²) in [6, 6.07) is 15.5. The van der Waals surface area contributed by atoms with Gasteiger partial charge in [-0.25, -0.2) is 5.48 Å². The minimum Gasteiger partial charge on any atom is -0.361 e. The highest BCUT2D eigenvalue weighted by atomic mass is 16.5. The second kappa shape index (κ2) is 10.3. The Hall–Kier alpha value is -4.43. The normalized spacial score (nSPS) is 14.7. The molecule has 0 radical (unpaired) electrons. The molecule has 2 aromatic heterocycles. The molecule has 0 bridgehead atoms. The number of aromatic amines is 2. The van der Waals surface area contributed by atoms with Gasteiger partial charge in [0.1, 0.15) is 5.69 Å². The molecule has 0 saturated heterocycles. The topological polar surface area (TPSA) is 118 Å². The van der Waals surface area contributed by atoms with E-state index < -0.39 is 5.91 Å². The van der Waals surface area contributed by atoms with Gasteiger partial charge in [-0.15, -0.1) is 0 Å². The van der Waals surface area contributed by atoms with Gasteiger partial charge in [-0.1, -0.05) is 36.4 Å². The number of nitrogens with zero attached hydrogens (tertiary/aromatic N) is 1. The molecule has 2 heterocycles. The molecule has 1 aliphatic rings. The lowest BCUT2D eigenvalue weighted by atomic mass is 10.0. The molecule has 0 spiro atoms. The van der Waals surface area contributed by atoms with Crippen LogP contribution in [0.3, 0.4) is 0 Å². The minimum atomic E-state index is -0.594. The van der Waals surface area contributed by atoms with Crippen molar-refractivity contribution in [2.24, 2.45) is 0 Å². The van der Waals surface area contributed by atoms with Crippen LogP contribution in [0, 0.1) is 0 Å². The second-order valence-electron chi connectivity index (χ2n) is 9.29. The van der Waals surface area contributed by atoms with Crippen LogP contribution >= 0.6 is 0 Å². The Morgan fingerprint density at radius 2 is 1.95 bits per heavy atom. The molecule has 188 valence electrons. The predicted molar refractivity (Wildman–Crippen MR) is 140 cm³/mol. The van der Waals surface area contributed by atoms with E-state index >= 15 is 0 Å². The van der Waals surface area contributed by atoms with Gasteiger partial charge in [-0.05, 0) is 66.6 Å². The van der Waals surface area contributed by atoms with Crippen molar-refractivity contribution in [1.82, 2.24) is 20.3 Å². The molecule has 4 aromatic rings. The quantitative estimate of drug-likeness (QED) is 0.123. The zero-order valence-corrected chi connectivity index (χ0v) is 20.5. The molecular formula is C29H28N4O4. The summed E-state index contributed by atoms with van der Waals surface area (Å²) >= 11 is 0. The third kappa shape index (κ3) is 4.96. The number of para-hydroxylation sites is 1. The molecular weight excluding hydrogens is 468 g/mol. The summed E-state index contributed by atoms with van der Waals surface area (Å²) in [6.07, 6.45) is 8.74. The lowest BCUT2D eigenvalue weighted by Crippen LogP contribution is -2.36. The number of carbonyl (C=O) groups excluding carboxylic acids is 3. The molecule has 0 aliphatic heterocycles. The van der Waals surface area contributed by atoms with Crippen molar-refractivity contribution >= 4 is 34.6 Å². The first kappa shape index (κ1) is 24.3. The van der Waals surface area contributed by atoms with Gasteiger partial charge >= 0.3 is 0 Å². The van der Waals surface area contributed by atoms with E-state index in [9.17, 15) is 14.4 Å². The number of hydroxylamine groups is 1. The van der Waals surface area contributed by atoms with Crippen LogP contribution in [0.25, 0.3) is 17.0 Å². The van der Waals surface area contributed by atoms with Crippen LogP contribution in [0.2, 0.25) is 0 Å².